The first-order valence-electron chi connectivity index (χ1n) is 14.5. The van der Waals surface area contributed by atoms with Crippen LogP contribution in [-0.2, 0) is 17.1 Å². The Hall–Kier alpha value is -3.90. The molecular formula is C37H50F2N2O2. The number of fused-ring (bicyclic) bond motifs is 1. The third kappa shape index (κ3) is 13.3. The molecule has 0 spiro atoms. The summed E-state index contributed by atoms with van der Waals surface area (Å²) in [6, 6.07) is 6.86. The van der Waals surface area contributed by atoms with E-state index in [1.54, 1.807) is 12.1 Å². The van der Waals surface area contributed by atoms with Crippen molar-refractivity contribution in [2.45, 2.75) is 65.3 Å². The highest BCUT2D eigenvalue weighted by Gasteiger charge is 2.27. The molecule has 2 aromatic rings. The highest BCUT2D eigenvalue weighted by Crippen LogP contribution is 2.32. The van der Waals surface area contributed by atoms with Crippen molar-refractivity contribution in [1.82, 2.24) is 9.88 Å². The van der Waals surface area contributed by atoms with Gasteiger partial charge in [-0.1, -0.05) is 74.6 Å². The van der Waals surface area contributed by atoms with Gasteiger partial charge in [-0.25, -0.2) is 8.78 Å². The van der Waals surface area contributed by atoms with Crippen LogP contribution in [0.25, 0.3) is 10.9 Å². The first-order chi connectivity index (χ1) is 20.5. The number of H-pyrrole nitrogens is 1. The molecule has 1 aromatic carbocycles. The predicted molar refractivity (Wildman–Crippen MR) is 182 cm³/mol. The second-order valence-electron chi connectivity index (χ2n) is 10.2. The fourth-order valence-corrected chi connectivity index (χ4v) is 4.70. The average Bonchev–Trinajstić information content (AvgIpc) is 3.01. The molecule has 2 unspecified atom stereocenters. The van der Waals surface area contributed by atoms with E-state index in [-0.39, 0.29) is 11.5 Å². The number of allylic oxidation sites excluding steroid dienone is 8. The molecule has 1 saturated heterocycles. The van der Waals surface area contributed by atoms with Crippen molar-refractivity contribution in [3.63, 3.8) is 0 Å². The largest absolute Gasteiger partial charge is 0.322 e. The zero-order chi connectivity index (χ0) is 33.0. The van der Waals surface area contributed by atoms with Crippen molar-refractivity contribution in [2.24, 2.45) is 5.92 Å². The zero-order valence-corrected chi connectivity index (χ0v) is 26.7. The normalized spacial score (nSPS) is 16.8. The number of hydrogen-bond acceptors (Lipinski definition) is 3. The van der Waals surface area contributed by atoms with Gasteiger partial charge in [0.2, 0.25) is 5.56 Å². The molecule has 0 saturated carbocycles. The number of likely N-dealkylation sites (N-methyl/N-ethyl adjacent to an activating group) is 1. The monoisotopic (exact) mass is 592 g/mol. The number of rotatable bonds is 9. The number of hydrogen-bond donors (Lipinski definition) is 1. The molecule has 3 rings (SSSR count). The molecule has 1 aliphatic heterocycles. The molecule has 0 aliphatic carbocycles. The van der Waals surface area contributed by atoms with Crippen LogP contribution in [0.1, 0.15) is 58.1 Å². The minimum atomic E-state index is -3.08. The Morgan fingerprint density at radius 2 is 1.79 bits per heavy atom. The summed E-state index contributed by atoms with van der Waals surface area (Å²) in [5.41, 5.74) is 3.08. The fourth-order valence-electron chi connectivity index (χ4n) is 4.70. The highest BCUT2D eigenvalue weighted by molar-refractivity contribution is 5.83. The maximum Gasteiger partial charge on any atom is 0.271 e. The minimum Gasteiger partial charge on any atom is -0.322 e. The molecule has 0 amide bonds. The molecule has 1 N–H and O–H groups in total. The van der Waals surface area contributed by atoms with Gasteiger partial charge in [-0.05, 0) is 81.5 Å². The van der Waals surface area contributed by atoms with Crippen molar-refractivity contribution in [3.05, 3.63) is 132 Å². The lowest BCUT2D eigenvalue weighted by Crippen LogP contribution is -2.37. The van der Waals surface area contributed by atoms with Crippen LogP contribution in [0, 0.1) is 5.92 Å². The van der Waals surface area contributed by atoms with E-state index in [1.807, 2.05) is 63.2 Å². The molecule has 2 heterocycles. The number of alkyl halides is 2. The Morgan fingerprint density at radius 1 is 1.12 bits per heavy atom. The summed E-state index contributed by atoms with van der Waals surface area (Å²) in [6.07, 6.45) is 20.8. The summed E-state index contributed by atoms with van der Waals surface area (Å²) in [5.74, 6) is -2.81. The molecule has 1 aromatic heterocycles. The standard InChI is InChI=1S/C21H23F2NO.C13H21N.C2H4.CH2O/c1-5-14(3)7-8-15(6-2)11-16-9-10-19-17(12-16)18(21(4,22)23)13-20(25)24-19;1-4-6-9-12(5-2)13-10-7-8-11-14(13)3;2*1-2/h5-10,12-14H,1,11H2,2-4H3,(H,24,25);4-6,9,13H,1,7-8,10-11H2,2-3H3;1-2H2;1H2/b8-7-,15-6+;9-6-,12-5+;;. The SMILES string of the molecule is C=C.C=C/C=C\C(=C/C)C1CCCCN1C.C=CC(C)/C=C\C(=C/C)Cc1ccc2[nH]c(=O)cc(C(C)(F)F)c2c1.C=O. The van der Waals surface area contributed by atoms with E-state index in [0.29, 0.717) is 23.4 Å². The van der Waals surface area contributed by atoms with Crippen molar-refractivity contribution in [2.75, 3.05) is 13.6 Å². The third-order valence-corrected chi connectivity index (χ3v) is 7.06. The quantitative estimate of drug-likeness (QED) is 0.233. The third-order valence-electron chi connectivity index (χ3n) is 7.06. The van der Waals surface area contributed by atoms with Gasteiger partial charge >= 0.3 is 0 Å². The number of benzene rings is 1. The van der Waals surface area contributed by atoms with Crippen LogP contribution in [0.15, 0.2) is 115 Å². The predicted octanol–water partition coefficient (Wildman–Crippen LogP) is 9.28. The smallest absolute Gasteiger partial charge is 0.271 e. The van der Waals surface area contributed by atoms with E-state index in [4.69, 9.17) is 4.79 Å². The first kappa shape index (κ1) is 39.1. The second-order valence-corrected chi connectivity index (χ2v) is 10.2. The summed E-state index contributed by atoms with van der Waals surface area (Å²) >= 11 is 0. The van der Waals surface area contributed by atoms with Crippen LogP contribution in [0.4, 0.5) is 8.78 Å². The van der Waals surface area contributed by atoms with Crippen LogP contribution in [0.5, 0.6) is 0 Å². The van der Waals surface area contributed by atoms with Crippen LogP contribution < -0.4 is 5.56 Å². The number of carbonyl (C=O) groups excluding carboxylic acids is 1. The van der Waals surface area contributed by atoms with Gasteiger partial charge in [-0.3, -0.25) is 9.69 Å². The van der Waals surface area contributed by atoms with Crippen LogP contribution in [0.3, 0.4) is 0 Å². The molecule has 1 fully saturated rings. The molecule has 234 valence electrons. The van der Waals surface area contributed by atoms with Crippen molar-refractivity contribution < 1.29 is 13.6 Å². The van der Waals surface area contributed by atoms with Gasteiger partial charge in [0, 0.05) is 35.5 Å². The topological polar surface area (TPSA) is 53.2 Å². The van der Waals surface area contributed by atoms with Crippen molar-refractivity contribution in [3.8, 4) is 0 Å². The molecule has 43 heavy (non-hydrogen) atoms. The van der Waals surface area contributed by atoms with Gasteiger partial charge in [-0.2, -0.15) is 0 Å². The van der Waals surface area contributed by atoms with Crippen LogP contribution in [-0.4, -0.2) is 36.3 Å². The van der Waals surface area contributed by atoms with Gasteiger partial charge in [0.05, 0.1) is 0 Å². The highest BCUT2D eigenvalue weighted by atomic mass is 19.3. The maximum atomic E-state index is 13.9. The lowest BCUT2D eigenvalue weighted by Gasteiger charge is -2.33. The number of piperidine rings is 1. The Balaban J connectivity index is 0.000000830. The van der Waals surface area contributed by atoms with Gasteiger partial charge in [0.15, 0.2) is 0 Å². The van der Waals surface area contributed by atoms with Crippen molar-refractivity contribution >= 4 is 17.7 Å². The second kappa shape index (κ2) is 20.9. The molecule has 6 heteroatoms. The number of likely N-dealkylation sites (tertiary alicyclic amines) is 1. The van der Waals surface area contributed by atoms with E-state index >= 15 is 0 Å². The summed E-state index contributed by atoms with van der Waals surface area (Å²) in [6.45, 7) is 23.6. The summed E-state index contributed by atoms with van der Waals surface area (Å²) in [5, 5.41) is 0.378. The van der Waals surface area contributed by atoms with Crippen LogP contribution in [0.2, 0.25) is 0 Å². The van der Waals surface area contributed by atoms with Gasteiger partial charge in [0.25, 0.3) is 5.92 Å². The number of pyridine rings is 1. The lowest BCUT2D eigenvalue weighted by atomic mass is 9.95. The van der Waals surface area contributed by atoms with E-state index in [1.165, 1.54) is 31.4 Å². The Labute approximate surface area is 257 Å². The average molecular weight is 593 g/mol. The molecule has 1 aliphatic rings. The number of carbonyl (C=O) groups is 1. The number of nitrogens with one attached hydrogen (secondary N) is 1. The first-order valence-corrected chi connectivity index (χ1v) is 14.5. The van der Waals surface area contributed by atoms with E-state index < -0.39 is 11.5 Å². The van der Waals surface area contributed by atoms with Crippen LogP contribution >= 0.6 is 0 Å². The molecule has 0 radical (unpaired) electrons. The molecule has 4 nitrogen and oxygen atoms in total. The molecule has 2 atom stereocenters. The van der Waals surface area contributed by atoms with E-state index in [9.17, 15) is 13.6 Å². The molecular weight excluding hydrogens is 542 g/mol. The maximum absolute atomic E-state index is 13.9. The number of halogens is 2. The van der Waals surface area contributed by atoms with E-state index in [0.717, 1.165) is 24.1 Å². The van der Waals surface area contributed by atoms with E-state index in [2.05, 4.69) is 62.3 Å². The number of nitrogens with zero attached hydrogens (tertiary/aromatic N) is 1. The minimum absolute atomic E-state index is 0.244. The number of aromatic nitrogens is 1. The Kier molecular flexibility index (Phi) is 19.0. The number of aromatic amines is 1. The van der Waals surface area contributed by atoms with Gasteiger partial charge in [0.1, 0.15) is 6.79 Å². The summed E-state index contributed by atoms with van der Waals surface area (Å²) in [7, 11) is 2.22. The summed E-state index contributed by atoms with van der Waals surface area (Å²) < 4.78 is 27.8. The Bertz CT molecular complexity index is 1330. The Morgan fingerprint density at radius 3 is 2.33 bits per heavy atom. The molecule has 0 bridgehead atoms. The van der Waals surface area contributed by atoms with Crippen molar-refractivity contribution in [1.29, 1.82) is 0 Å². The fraction of sp³-hybridized carbons (Fsp3) is 0.351. The van der Waals surface area contributed by atoms with Gasteiger partial charge < -0.3 is 9.78 Å². The van der Waals surface area contributed by atoms with Gasteiger partial charge in [-0.15, -0.1) is 19.7 Å². The summed E-state index contributed by atoms with van der Waals surface area (Å²) in [4.78, 5) is 24.7. The zero-order valence-electron chi connectivity index (χ0n) is 26.7. The lowest BCUT2D eigenvalue weighted by molar-refractivity contribution is -0.0980.